The van der Waals surface area contributed by atoms with Gasteiger partial charge in [-0.25, -0.2) is 0 Å². The van der Waals surface area contributed by atoms with Crippen LogP contribution < -0.4 is 15.8 Å². The lowest BCUT2D eigenvalue weighted by Gasteiger charge is -2.32. The summed E-state index contributed by atoms with van der Waals surface area (Å²) in [6.07, 6.45) is 3.88. The summed E-state index contributed by atoms with van der Waals surface area (Å²) >= 11 is 0. The van der Waals surface area contributed by atoms with Gasteiger partial charge in [-0.3, -0.25) is 9.69 Å². The zero-order chi connectivity index (χ0) is 15.4. The van der Waals surface area contributed by atoms with E-state index in [0.29, 0.717) is 17.1 Å². The largest absolute Gasteiger partial charge is 0.497 e. The van der Waals surface area contributed by atoms with E-state index >= 15 is 0 Å². The fourth-order valence-electron chi connectivity index (χ4n) is 2.46. The first-order valence-corrected chi connectivity index (χ1v) is 7.46. The first kappa shape index (κ1) is 15.6. The fourth-order valence-corrected chi connectivity index (χ4v) is 2.46. The molecule has 1 saturated carbocycles. The average molecular weight is 291 g/mol. The Bertz CT molecular complexity index is 500. The number of nitrogens with two attached hydrogens (primary N) is 1. The standard InChI is InChI=1S/C16H25N3O2/c1-11(19(2)10-12-5-4-6-12)16(20)18-15-8-7-13(21-3)9-14(15)17/h7-9,11-12H,4-6,10,17H2,1-3H3,(H,18,20). The Morgan fingerprint density at radius 1 is 1.52 bits per heavy atom. The number of anilines is 2. The molecule has 0 bridgehead atoms. The van der Waals surface area contributed by atoms with E-state index in [-0.39, 0.29) is 11.9 Å². The molecule has 116 valence electrons. The van der Waals surface area contributed by atoms with Crippen LogP contribution in [0.4, 0.5) is 11.4 Å². The van der Waals surface area contributed by atoms with Gasteiger partial charge in [0.2, 0.25) is 5.91 Å². The molecule has 1 unspecified atom stereocenters. The molecule has 3 N–H and O–H groups in total. The van der Waals surface area contributed by atoms with Gasteiger partial charge in [-0.2, -0.15) is 0 Å². The molecule has 0 heterocycles. The minimum Gasteiger partial charge on any atom is -0.497 e. The van der Waals surface area contributed by atoms with Gasteiger partial charge in [-0.15, -0.1) is 0 Å². The number of hydrogen-bond acceptors (Lipinski definition) is 4. The number of amides is 1. The number of benzene rings is 1. The Labute approximate surface area is 126 Å². The van der Waals surface area contributed by atoms with Gasteiger partial charge in [0.25, 0.3) is 0 Å². The van der Waals surface area contributed by atoms with E-state index in [0.717, 1.165) is 12.5 Å². The molecule has 1 aliphatic carbocycles. The third-order valence-corrected chi connectivity index (χ3v) is 4.33. The summed E-state index contributed by atoms with van der Waals surface area (Å²) < 4.78 is 5.10. The molecule has 0 radical (unpaired) electrons. The quantitative estimate of drug-likeness (QED) is 0.789. The van der Waals surface area contributed by atoms with Crippen LogP contribution >= 0.6 is 0 Å². The van der Waals surface area contributed by atoms with Crippen molar-refractivity contribution in [2.24, 2.45) is 5.92 Å². The summed E-state index contributed by atoms with van der Waals surface area (Å²) in [6, 6.07) is 5.09. The number of nitrogen functional groups attached to an aromatic ring is 1. The van der Waals surface area contributed by atoms with E-state index in [4.69, 9.17) is 10.5 Å². The number of nitrogens with zero attached hydrogens (tertiary/aromatic N) is 1. The van der Waals surface area contributed by atoms with Crippen LogP contribution in [-0.4, -0.2) is 37.6 Å². The van der Waals surface area contributed by atoms with Gasteiger partial charge < -0.3 is 15.8 Å². The SMILES string of the molecule is COc1ccc(NC(=O)C(C)N(C)CC2CCC2)c(N)c1. The highest BCUT2D eigenvalue weighted by Crippen LogP contribution is 2.28. The van der Waals surface area contributed by atoms with E-state index in [1.54, 1.807) is 25.3 Å². The summed E-state index contributed by atoms with van der Waals surface area (Å²) in [7, 11) is 3.59. The fraction of sp³-hybridized carbons (Fsp3) is 0.562. The van der Waals surface area contributed by atoms with Crippen LogP contribution in [0.5, 0.6) is 5.75 Å². The van der Waals surface area contributed by atoms with Gasteiger partial charge in [0.15, 0.2) is 0 Å². The highest BCUT2D eigenvalue weighted by molar-refractivity contribution is 5.97. The number of methoxy groups -OCH3 is 1. The van der Waals surface area contributed by atoms with Crippen molar-refractivity contribution >= 4 is 17.3 Å². The van der Waals surface area contributed by atoms with Crippen LogP contribution in [0, 0.1) is 5.92 Å². The van der Waals surface area contributed by atoms with Gasteiger partial charge in [0.05, 0.1) is 24.5 Å². The zero-order valence-electron chi connectivity index (χ0n) is 13.1. The molecule has 0 aliphatic heterocycles. The molecule has 1 aromatic rings. The Morgan fingerprint density at radius 3 is 2.76 bits per heavy atom. The third kappa shape index (κ3) is 3.88. The van der Waals surface area contributed by atoms with Crippen molar-refractivity contribution in [1.82, 2.24) is 4.90 Å². The number of hydrogen-bond donors (Lipinski definition) is 2. The minimum absolute atomic E-state index is 0.0336. The molecule has 0 aromatic heterocycles. The van der Waals surface area contributed by atoms with Crippen LogP contribution in [-0.2, 0) is 4.79 Å². The number of carbonyl (C=O) groups excluding carboxylic acids is 1. The van der Waals surface area contributed by atoms with Crippen LogP contribution in [0.25, 0.3) is 0 Å². The van der Waals surface area contributed by atoms with Gasteiger partial charge >= 0.3 is 0 Å². The number of nitrogens with one attached hydrogen (secondary N) is 1. The maximum atomic E-state index is 12.3. The molecule has 5 heteroatoms. The molecular weight excluding hydrogens is 266 g/mol. The van der Waals surface area contributed by atoms with E-state index in [1.165, 1.54) is 19.3 Å². The number of ether oxygens (including phenoxy) is 1. The predicted octanol–water partition coefficient (Wildman–Crippen LogP) is 2.34. The first-order chi connectivity index (χ1) is 10.0. The Hall–Kier alpha value is -1.75. The van der Waals surface area contributed by atoms with Gasteiger partial charge in [-0.1, -0.05) is 6.42 Å². The summed E-state index contributed by atoms with van der Waals surface area (Å²) in [4.78, 5) is 14.4. The van der Waals surface area contributed by atoms with Crippen molar-refractivity contribution in [3.63, 3.8) is 0 Å². The third-order valence-electron chi connectivity index (χ3n) is 4.33. The lowest BCUT2D eigenvalue weighted by molar-refractivity contribution is -0.120. The van der Waals surface area contributed by atoms with Crippen molar-refractivity contribution < 1.29 is 9.53 Å². The molecule has 5 nitrogen and oxygen atoms in total. The number of likely N-dealkylation sites (N-methyl/N-ethyl adjacent to an activating group) is 1. The highest BCUT2D eigenvalue weighted by Gasteiger charge is 2.24. The van der Waals surface area contributed by atoms with Crippen LogP contribution in [0.15, 0.2) is 18.2 Å². The number of carbonyl (C=O) groups is 1. The maximum absolute atomic E-state index is 12.3. The van der Waals surface area contributed by atoms with Crippen molar-refractivity contribution in [2.75, 3.05) is 31.8 Å². The molecule has 1 amide bonds. The molecule has 0 saturated heterocycles. The van der Waals surface area contributed by atoms with Crippen LogP contribution in [0.1, 0.15) is 26.2 Å². The Kier molecular flexibility index (Phi) is 5.07. The van der Waals surface area contributed by atoms with E-state index < -0.39 is 0 Å². The van der Waals surface area contributed by atoms with Crippen LogP contribution in [0.3, 0.4) is 0 Å². The summed E-state index contributed by atoms with van der Waals surface area (Å²) in [5.41, 5.74) is 7.06. The molecule has 0 spiro atoms. The molecular formula is C16H25N3O2. The average Bonchev–Trinajstić information content (AvgIpc) is 2.43. The van der Waals surface area contributed by atoms with E-state index in [9.17, 15) is 4.79 Å². The Morgan fingerprint density at radius 2 is 2.24 bits per heavy atom. The summed E-state index contributed by atoms with van der Waals surface area (Å²) in [5, 5.41) is 2.89. The molecule has 21 heavy (non-hydrogen) atoms. The molecule has 1 fully saturated rings. The lowest BCUT2D eigenvalue weighted by Crippen LogP contribution is -2.43. The normalized spacial score (nSPS) is 16.4. The van der Waals surface area contributed by atoms with Crippen molar-refractivity contribution in [3.8, 4) is 5.75 Å². The monoisotopic (exact) mass is 291 g/mol. The first-order valence-electron chi connectivity index (χ1n) is 7.46. The second-order valence-corrected chi connectivity index (χ2v) is 5.85. The van der Waals surface area contributed by atoms with Crippen molar-refractivity contribution in [3.05, 3.63) is 18.2 Å². The Balaban J connectivity index is 1.93. The lowest BCUT2D eigenvalue weighted by atomic mass is 9.85. The minimum atomic E-state index is -0.174. The smallest absolute Gasteiger partial charge is 0.241 e. The summed E-state index contributed by atoms with van der Waals surface area (Å²) in [5.74, 6) is 1.39. The van der Waals surface area contributed by atoms with Crippen LogP contribution in [0.2, 0.25) is 0 Å². The zero-order valence-corrected chi connectivity index (χ0v) is 13.1. The molecule has 1 atom stereocenters. The number of rotatable bonds is 6. The molecule has 1 aromatic carbocycles. The van der Waals surface area contributed by atoms with Crippen molar-refractivity contribution in [2.45, 2.75) is 32.2 Å². The second kappa shape index (κ2) is 6.80. The summed E-state index contributed by atoms with van der Waals surface area (Å²) in [6.45, 7) is 2.90. The van der Waals surface area contributed by atoms with Gasteiger partial charge in [0, 0.05) is 12.6 Å². The van der Waals surface area contributed by atoms with Gasteiger partial charge in [0.1, 0.15) is 5.75 Å². The topological polar surface area (TPSA) is 67.6 Å². The molecule has 1 aliphatic rings. The second-order valence-electron chi connectivity index (χ2n) is 5.85. The maximum Gasteiger partial charge on any atom is 0.241 e. The van der Waals surface area contributed by atoms with E-state index in [2.05, 4.69) is 10.2 Å². The molecule has 2 rings (SSSR count). The van der Waals surface area contributed by atoms with Gasteiger partial charge in [-0.05, 0) is 44.9 Å². The van der Waals surface area contributed by atoms with Crippen molar-refractivity contribution in [1.29, 1.82) is 0 Å². The van der Waals surface area contributed by atoms with E-state index in [1.807, 2.05) is 14.0 Å². The highest BCUT2D eigenvalue weighted by atomic mass is 16.5. The predicted molar refractivity (Wildman–Crippen MR) is 85.5 cm³/mol.